The maximum atomic E-state index is 16.9. The van der Waals surface area contributed by atoms with Crippen LogP contribution in [0.5, 0.6) is 0 Å². The van der Waals surface area contributed by atoms with Crippen LogP contribution >= 0.6 is 7.82 Å². The van der Waals surface area contributed by atoms with Gasteiger partial charge in [-0.1, -0.05) is 25.5 Å². The van der Waals surface area contributed by atoms with Gasteiger partial charge >= 0.3 is 37.4 Å². The van der Waals surface area contributed by atoms with Crippen molar-refractivity contribution in [1.82, 2.24) is 0 Å². The summed E-state index contributed by atoms with van der Waals surface area (Å²) in [6.07, 6.45) is 4.44. The summed E-state index contributed by atoms with van der Waals surface area (Å²) in [7, 11) is -4.64. The van der Waals surface area contributed by atoms with E-state index in [2.05, 4.69) is 0 Å². The molecule has 34 heavy (non-hydrogen) atoms. The van der Waals surface area contributed by atoms with Gasteiger partial charge in [0.2, 0.25) is 0 Å². The van der Waals surface area contributed by atoms with Crippen molar-refractivity contribution in [2.75, 3.05) is 6.61 Å². The van der Waals surface area contributed by atoms with Crippen LogP contribution in [-0.2, 0) is 14.2 Å². The summed E-state index contributed by atoms with van der Waals surface area (Å²) in [6.45, 7) is 4.48. The summed E-state index contributed by atoms with van der Waals surface area (Å²) in [5, 5.41) is 32.0. The number of hydrogen-bond acceptors (Lipinski definition) is 6. The summed E-state index contributed by atoms with van der Waals surface area (Å²) in [4.78, 5) is 45.9. The number of halogens is 1. The first-order chi connectivity index (χ1) is 15.0. The average molecular weight is 514 g/mol. The normalized spacial score (nSPS) is 45.0. The van der Waals surface area contributed by atoms with E-state index in [-0.39, 0.29) is 49.1 Å². The van der Waals surface area contributed by atoms with Gasteiger partial charge in [-0.05, 0) is 56.6 Å². The van der Waals surface area contributed by atoms with Crippen LogP contribution in [0.1, 0.15) is 47.9 Å². The van der Waals surface area contributed by atoms with Gasteiger partial charge in [0.1, 0.15) is 12.2 Å². The van der Waals surface area contributed by atoms with Crippen molar-refractivity contribution in [3.63, 3.8) is 0 Å². The molecule has 12 heteroatoms. The molecule has 4 aliphatic rings. The predicted molar refractivity (Wildman–Crippen MR) is 115 cm³/mol. The third kappa shape index (κ3) is 4.28. The molecule has 0 saturated heterocycles. The van der Waals surface area contributed by atoms with E-state index in [4.69, 9.17) is 19.2 Å². The second-order valence-electron chi connectivity index (χ2n) is 10.3. The van der Waals surface area contributed by atoms with Crippen LogP contribution in [0, 0.1) is 28.6 Å². The van der Waals surface area contributed by atoms with Gasteiger partial charge in [0.15, 0.2) is 17.2 Å². The third-order valence-electron chi connectivity index (χ3n) is 8.79. The van der Waals surface area contributed by atoms with Crippen LogP contribution in [0.25, 0.3) is 0 Å². The fraction of sp³-hybridized carbons (Fsp3) is 0.727. The van der Waals surface area contributed by atoms with E-state index in [1.807, 2.05) is 0 Å². The van der Waals surface area contributed by atoms with Crippen molar-refractivity contribution in [2.24, 2.45) is 28.6 Å². The number of rotatable bonds is 2. The number of aliphatic hydroxyl groups is 3. The van der Waals surface area contributed by atoms with Gasteiger partial charge < -0.3 is 31.4 Å². The minimum atomic E-state index is -4.64. The maximum Gasteiger partial charge on any atom is 1.00 e. The van der Waals surface area contributed by atoms with Crippen molar-refractivity contribution in [3.8, 4) is 0 Å². The Morgan fingerprint density at radius 2 is 1.82 bits per heavy atom. The molecule has 0 amide bonds. The molecule has 0 spiro atoms. The second kappa shape index (κ2) is 9.56. The van der Waals surface area contributed by atoms with Crippen molar-refractivity contribution in [1.29, 1.82) is 0 Å². The first-order valence-corrected chi connectivity index (χ1v) is 12.5. The standard InChI is InChI=1S/C22H29FO5.Na.H3O4P.H/c1-12-8-16-15-5-4-13-9-14(25)6-7-19(13,2)21(15,23)17(26)10-20(16,3)22(12,28)18(27)11-24;;1-5(2,3)4;/h6-7,9,12,15-17,24,26,28H,4-5,8,10-11H2,1-3H3;;(H3,1,2,3,4);/q;+1;;-1/t12-,15+,16+,17+,19+,20+,21+,22+;;;/m1.../s1. The Hall–Kier alpha value is -0.260. The zero-order valence-corrected chi connectivity index (χ0v) is 22.7. The van der Waals surface area contributed by atoms with Gasteiger partial charge in [0, 0.05) is 16.7 Å². The van der Waals surface area contributed by atoms with Gasteiger partial charge in [-0.15, -0.1) is 0 Å². The topological polar surface area (TPSA) is 173 Å². The minimum Gasteiger partial charge on any atom is -1.00 e. The molecule has 3 saturated carbocycles. The summed E-state index contributed by atoms with van der Waals surface area (Å²) in [6, 6.07) is 0. The van der Waals surface area contributed by atoms with E-state index in [0.717, 1.165) is 0 Å². The van der Waals surface area contributed by atoms with Crippen LogP contribution in [0.2, 0.25) is 0 Å². The quantitative estimate of drug-likeness (QED) is 0.182. The summed E-state index contributed by atoms with van der Waals surface area (Å²) < 4.78 is 25.7. The Balaban J connectivity index is 0.000000798. The van der Waals surface area contributed by atoms with Crippen LogP contribution in [0.15, 0.2) is 23.8 Å². The molecule has 9 nitrogen and oxygen atoms in total. The van der Waals surface area contributed by atoms with Gasteiger partial charge in [0.25, 0.3) is 0 Å². The van der Waals surface area contributed by atoms with E-state index in [9.17, 15) is 24.9 Å². The Kier molecular flexibility index (Phi) is 8.43. The van der Waals surface area contributed by atoms with E-state index in [1.54, 1.807) is 26.8 Å². The molecule has 0 unspecified atom stereocenters. The number of ketones is 2. The Morgan fingerprint density at radius 1 is 1.26 bits per heavy atom. The van der Waals surface area contributed by atoms with Crippen LogP contribution < -0.4 is 29.6 Å². The van der Waals surface area contributed by atoms with Crippen molar-refractivity contribution in [3.05, 3.63) is 23.8 Å². The van der Waals surface area contributed by atoms with Crippen LogP contribution in [0.3, 0.4) is 0 Å². The van der Waals surface area contributed by atoms with Crippen LogP contribution in [-0.4, -0.2) is 65.5 Å². The molecule has 0 heterocycles. The molecule has 0 aromatic heterocycles. The molecule has 4 rings (SSSR count). The molecule has 0 radical (unpaired) electrons. The number of fused-ring (bicyclic) bond motifs is 5. The zero-order valence-electron chi connectivity index (χ0n) is 20.8. The molecule has 0 aromatic carbocycles. The maximum absolute atomic E-state index is 16.9. The summed E-state index contributed by atoms with van der Waals surface area (Å²) in [5.74, 6) is -2.12. The van der Waals surface area contributed by atoms with Crippen molar-refractivity contribution >= 4 is 19.4 Å². The number of alkyl halides is 1. The second-order valence-corrected chi connectivity index (χ2v) is 11.3. The largest absolute Gasteiger partial charge is 1.00 e. The van der Waals surface area contributed by atoms with Gasteiger partial charge in [-0.2, -0.15) is 0 Å². The fourth-order valence-corrected chi connectivity index (χ4v) is 7.26. The first-order valence-electron chi connectivity index (χ1n) is 10.9. The number of allylic oxidation sites excluding steroid dienone is 4. The fourth-order valence-electron chi connectivity index (χ4n) is 7.26. The number of carbonyl (C=O) groups is 2. The van der Waals surface area contributed by atoms with Crippen molar-refractivity contribution in [2.45, 2.75) is 63.8 Å². The third-order valence-corrected chi connectivity index (χ3v) is 8.79. The smallest absolute Gasteiger partial charge is 1.00 e. The average Bonchev–Trinajstić information content (AvgIpc) is 2.89. The molecule has 8 atom stereocenters. The summed E-state index contributed by atoms with van der Waals surface area (Å²) >= 11 is 0. The first kappa shape index (κ1) is 30.0. The number of carbonyl (C=O) groups excluding carboxylic acids is 2. The van der Waals surface area contributed by atoms with Crippen molar-refractivity contribution < 1.29 is 79.5 Å². The molecular weight excluding hydrogens is 481 g/mol. The Labute approximate surface area is 221 Å². The van der Waals surface area contributed by atoms with E-state index in [0.29, 0.717) is 24.8 Å². The van der Waals surface area contributed by atoms with E-state index < -0.39 is 60.3 Å². The van der Waals surface area contributed by atoms with Gasteiger partial charge in [-0.25, -0.2) is 8.96 Å². The molecule has 0 bridgehead atoms. The SMILES string of the molecule is C[C@@H]1C[C@H]2[C@@H]3CCC4=CC(=O)C=C[C@]4(C)[C@@]3(F)[C@@H](O)C[C@]2(C)[C@@]1(O)C(=O)CO.O=P(O)(O)O.[H-].[Na+]. The predicted octanol–water partition coefficient (Wildman–Crippen LogP) is -1.92. The molecule has 4 aliphatic carbocycles. The number of hydrogen-bond donors (Lipinski definition) is 6. The molecule has 0 aromatic rings. The Morgan fingerprint density at radius 3 is 2.35 bits per heavy atom. The molecular formula is C22H33FNaO9P. The van der Waals surface area contributed by atoms with Crippen LogP contribution in [0.4, 0.5) is 4.39 Å². The van der Waals surface area contributed by atoms with Gasteiger partial charge in [-0.3, -0.25) is 9.59 Å². The zero-order chi connectivity index (χ0) is 25.2. The number of phosphoric acid groups is 1. The number of aliphatic hydroxyl groups excluding tert-OH is 2. The molecule has 6 N–H and O–H groups in total. The summed E-state index contributed by atoms with van der Waals surface area (Å²) in [5.41, 5.74) is -5.17. The minimum absolute atomic E-state index is 0. The van der Waals surface area contributed by atoms with E-state index in [1.165, 1.54) is 12.2 Å². The monoisotopic (exact) mass is 514 g/mol. The van der Waals surface area contributed by atoms with Gasteiger partial charge in [0.05, 0.1) is 6.10 Å². The molecule has 3 fully saturated rings. The molecule has 188 valence electrons. The van der Waals surface area contributed by atoms with E-state index >= 15 is 4.39 Å². The molecule has 0 aliphatic heterocycles. The number of Topliss-reactive ketones (excluding diaryl/α,β-unsaturated/α-hetero) is 1. The Bertz CT molecular complexity index is 964.